The fraction of sp³-hybridized carbons (Fsp3) is 0.0476. The third-order valence-corrected chi connectivity index (χ3v) is 4.74. The number of rotatable bonds is 6. The number of nitrogens with one attached hydrogen (secondary N) is 3. The summed E-state index contributed by atoms with van der Waals surface area (Å²) < 4.78 is 26.5. The molecule has 0 saturated heterocycles. The molecule has 29 heavy (non-hydrogen) atoms. The number of carbonyl (C=O) groups excluding carboxylic acids is 2. The SMILES string of the molecule is O=C(CSc1ccc(F)cc1F)Nc1cccc(NC(=O)Nc2ccccc2)c1. The van der Waals surface area contributed by atoms with Gasteiger partial charge in [0.25, 0.3) is 0 Å². The molecule has 0 aromatic heterocycles. The van der Waals surface area contributed by atoms with Crippen molar-refractivity contribution in [2.45, 2.75) is 4.90 Å². The first-order valence-electron chi connectivity index (χ1n) is 8.60. The molecule has 8 heteroatoms. The summed E-state index contributed by atoms with van der Waals surface area (Å²) in [6.07, 6.45) is 0. The Morgan fingerprint density at radius 2 is 1.41 bits per heavy atom. The number of benzene rings is 3. The van der Waals surface area contributed by atoms with E-state index in [2.05, 4.69) is 16.0 Å². The highest BCUT2D eigenvalue weighted by molar-refractivity contribution is 8.00. The van der Waals surface area contributed by atoms with E-state index >= 15 is 0 Å². The zero-order chi connectivity index (χ0) is 20.6. The summed E-state index contributed by atoms with van der Waals surface area (Å²) in [6.45, 7) is 0. The first-order chi connectivity index (χ1) is 14.0. The average Bonchev–Trinajstić information content (AvgIpc) is 2.68. The molecule has 3 rings (SSSR count). The van der Waals surface area contributed by atoms with Gasteiger partial charge in [-0.3, -0.25) is 4.79 Å². The van der Waals surface area contributed by atoms with Crippen LogP contribution >= 0.6 is 11.8 Å². The van der Waals surface area contributed by atoms with Crippen LogP contribution in [0.15, 0.2) is 77.7 Å². The molecule has 0 radical (unpaired) electrons. The highest BCUT2D eigenvalue weighted by Crippen LogP contribution is 2.23. The van der Waals surface area contributed by atoms with Crippen LogP contribution in [-0.2, 0) is 4.79 Å². The van der Waals surface area contributed by atoms with Crippen LogP contribution in [0, 0.1) is 11.6 Å². The lowest BCUT2D eigenvalue weighted by Crippen LogP contribution is -2.19. The normalized spacial score (nSPS) is 10.3. The van der Waals surface area contributed by atoms with Crippen LogP contribution in [0.2, 0.25) is 0 Å². The molecule has 0 aliphatic heterocycles. The number of amides is 3. The van der Waals surface area contributed by atoms with Gasteiger partial charge in [-0.25, -0.2) is 13.6 Å². The summed E-state index contributed by atoms with van der Waals surface area (Å²) >= 11 is 0.966. The molecule has 3 amide bonds. The Labute approximate surface area is 170 Å². The number of anilines is 3. The van der Waals surface area contributed by atoms with E-state index in [9.17, 15) is 18.4 Å². The molecule has 0 aliphatic carbocycles. The van der Waals surface area contributed by atoms with Gasteiger partial charge in [0.2, 0.25) is 5.91 Å². The standard InChI is InChI=1S/C21H17F2N3O2S/c22-14-9-10-19(18(23)11-14)29-13-20(27)24-16-7-4-8-17(12-16)26-21(28)25-15-5-2-1-3-6-15/h1-12H,13H2,(H,24,27)(H2,25,26,28). The Bertz CT molecular complexity index is 1020. The molecule has 3 aromatic carbocycles. The lowest BCUT2D eigenvalue weighted by molar-refractivity contribution is -0.113. The zero-order valence-corrected chi connectivity index (χ0v) is 15.9. The van der Waals surface area contributed by atoms with Gasteiger partial charge in [-0.2, -0.15) is 0 Å². The van der Waals surface area contributed by atoms with E-state index in [1.165, 1.54) is 6.07 Å². The number of halogens is 2. The number of urea groups is 1. The van der Waals surface area contributed by atoms with Crippen molar-refractivity contribution in [3.63, 3.8) is 0 Å². The maximum Gasteiger partial charge on any atom is 0.323 e. The lowest BCUT2D eigenvalue weighted by Gasteiger charge is -2.10. The third kappa shape index (κ3) is 6.32. The van der Waals surface area contributed by atoms with Crippen molar-refractivity contribution in [3.05, 3.63) is 84.4 Å². The molecule has 0 saturated carbocycles. The molecule has 0 fully saturated rings. The maximum atomic E-state index is 13.6. The predicted molar refractivity (Wildman–Crippen MR) is 111 cm³/mol. The zero-order valence-electron chi connectivity index (χ0n) is 15.1. The Hall–Kier alpha value is -3.39. The molecular formula is C21H17F2N3O2S. The van der Waals surface area contributed by atoms with Gasteiger partial charge in [0, 0.05) is 28.0 Å². The minimum absolute atomic E-state index is 0.0469. The van der Waals surface area contributed by atoms with E-state index in [0.717, 1.165) is 23.9 Å². The largest absolute Gasteiger partial charge is 0.325 e. The van der Waals surface area contributed by atoms with E-state index in [1.807, 2.05) is 18.2 Å². The highest BCUT2D eigenvalue weighted by atomic mass is 32.2. The lowest BCUT2D eigenvalue weighted by atomic mass is 10.2. The number of hydrogen-bond acceptors (Lipinski definition) is 3. The number of carbonyl (C=O) groups is 2. The fourth-order valence-electron chi connectivity index (χ4n) is 2.42. The quantitative estimate of drug-likeness (QED) is 0.478. The highest BCUT2D eigenvalue weighted by Gasteiger charge is 2.09. The first-order valence-corrected chi connectivity index (χ1v) is 9.59. The summed E-state index contributed by atoms with van der Waals surface area (Å²) in [6, 6.07) is 18.4. The maximum absolute atomic E-state index is 13.6. The molecule has 0 heterocycles. The van der Waals surface area contributed by atoms with Gasteiger partial charge in [0.05, 0.1) is 5.75 Å². The van der Waals surface area contributed by atoms with Crippen LogP contribution in [0.3, 0.4) is 0 Å². The van der Waals surface area contributed by atoms with Crippen molar-refractivity contribution in [2.24, 2.45) is 0 Å². The third-order valence-electron chi connectivity index (χ3n) is 3.69. The van der Waals surface area contributed by atoms with Crippen LogP contribution in [0.5, 0.6) is 0 Å². The van der Waals surface area contributed by atoms with E-state index in [4.69, 9.17) is 0 Å². The molecule has 3 N–H and O–H groups in total. The summed E-state index contributed by atoms with van der Waals surface area (Å²) in [4.78, 5) is 24.4. The van der Waals surface area contributed by atoms with E-state index in [-0.39, 0.29) is 16.6 Å². The van der Waals surface area contributed by atoms with Gasteiger partial charge in [-0.1, -0.05) is 24.3 Å². The van der Waals surface area contributed by atoms with Crippen molar-refractivity contribution < 1.29 is 18.4 Å². The fourth-order valence-corrected chi connectivity index (χ4v) is 3.14. The topological polar surface area (TPSA) is 70.2 Å². The van der Waals surface area contributed by atoms with E-state index < -0.39 is 17.7 Å². The van der Waals surface area contributed by atoms with Gasteiger partial charge >= 0.3 is 6.03 Å². The van der Waals surface area contributed by atoms with Crippen LogP contribution < -0.4 is 16.0 Å². The van der Waals surface area contributed by atoms with Crippen LogP contribution in [0.1, 0.15) is 0 Å². The van der Waals surface area contributed by atoms with Gasteiger partial charge in [-0.05, 0) is 42.5 Å². The Morgan fingerprint density at radius 3 is 2.14 bits per heavy atom. The second-order valence-corrected chi connectivity index (χ2v) is 6.95. The summed E-state index contributed by atoms with van der Waals surface area (Å²) in [7, 11) is 0. The average molecular weight is 413 g/mol. The van der Waals surface area contributed by atoms with Crippen LogP contribution in [0.25, 0.3) is 0 Å². The van der Waals surface area contributed by atoms with Gasteiger partial charge in [0.15, 0.2) is 0 Å². The molecule has 0 spiro atoms. The summed E-state index contributed by atoms with van der Waals surface area (Å²) in [5.41, 5.74) is 1.63. The van der Waals surface area contributed by atoms with Gasteiger partial charge < -0.3 is 16.0 Å². The first kappa shape index (κ1) is 20.3. The molecule has 5 nitrogen and oxygen atoms in total. The number of thioether (sulfide) groups is 1. The predicted octanol–water partition coefficient (Wildman–Crippen LogP) is 5.34. The molecule has 148 valence electrons. The molecule has 0 aliphatic rings. The van der Waals surface area contributed by atoms with Gasteiger partial charge in [0.1, 0.15) is 11.6 Å². The van der Waals surface area contributed by atoms with Gasteiger partial charge in [-0.15, -0.1) is 11.8 Å². The molecule has 0 unspecified atom stereocenters. The summed E-state index contributed by atoms with van der Waals surface area (Å²) in [5.74, 6) is -1.78. The molecule has 0 atom stereocenters. The Balaban J connectivity index is 1.53. The second-order valence-electron chi connectivity index (χ2n) is 5.94. The van der Waals surface area contributed by atoms with Crippen molar-refractivity contribution in [1.29, 1.82) is 0 Å². The molecule has 3 aromatic rings. The van der Waals surface area contributed by atoms with Crippen molar-refractivity contribution in [3.8, 4) is 0 Å². The Morgan fingerprint density at radius 1 is 0.759 bits per heavy atom. The molecular weight excluding hydrogens is 396 g/mol. The Kier molecular flexibility index (Phi) is 6.80. The summed E-state index contributed by atoms with van der Waals surface area (Å²) in [5, 5.41) is 8.06. The molecule has 0 bridgehead atoms. The van der Waals surface area contributed by atoms with Crippen molar-refractivity contribution in [2.75, 3.05) is 21.7 Å². The van der Waals surface area contributed by atoms with Crippen LogP contribution in [0.4, 0.5) is 30.6 Å². The van der Waals surface area contributed by atoms with E-state index in [1.54, 1.807) is 36.4 Å². The second kappa shape index (κ2) is 9.70. The number of hydrogen-bond donors (Lipinski definition) is 3. The van der Waals surface area contributed by atoms with E-state index in [0.29, 0.717) is 17.1 Å². The van der Waals surface area contributed by atoms with Crippen molar-refractivity contribution >= 4 is 40.8 Å². The van der Waals surface area contributed by atoms with Crippen LogP contribution in [-0.4, -0.2) is 17.7 Å². The van der Waals surface area contributed by atoms with Crippen molar-refractivity contribution in [1.82, 2.24) is 0 Å². The smallest absolute Gasteiger partial charge is 0.323 e. The minimum Gasteiger partial charge on any atom is -0.325 e. The minimum atomic E-state index is -0.710. The number of para-hydroxylation sites is 1. The monoisotopic (exact) mass is 413 g/mol.